The Morgan fingerprint density at radius 3 is 3.00 bits per heavy atom. The van der Waals surface area contributed by atoms with Gasteiger partial charge >= 0.3 is 0 Å². The maximum atomic E-state index is 3.89. The van der Waals surface area contributed by atoms with E-state index in [1.165, 1.54) is 19.4 Å². The van der Waals surface area contributed by atoms with Gasteiger partial charge in [0.25, 0.3) is 0 Å². The fourth-order valence-electron chi connectivity index (χ4n) is 1.91. The first-order valence-electron chi connectivity index (χ1n) is 5.05. The minimum absolute atomic E-state index is 0.533. The summed E-state index contributed by atoms with van der Waals surface area (Å²) in [6.07, 6.45) is 4.27. The quantitative estimate of drug-likeness (QED) is 0.738. The predicted octanol–water partition coefficient (Wildman–Crippen LogP) is 0.321. The van der Waals surface area contributed by atoms with Crippen LogP contribution in [0.2, 0.25) is 0 Å². The molecule has 0 amide bonds. The Bertz CT molecular complexity index is 295. The molecule has 0 aliphatic carbocycles. The molecule has 0 spiro atoms. The van der Waals surface area contributed by atoms with Crippen molar-refractivity contribution in [2.45, 2.75) is 18.9 Å². The van der Waals surface area contributed by atoms with Crippen molar-refractivity contribution in [3.63, 3.8) is 0 Å². The van der Waals surface area contributed by atoms with Gasteiger partial charge in [0, 0.05) is 19.6 Å². The average molecular weight is 195 g/mol. The molecule has 2 heterocycles. The fraction of sp³-hybridized carbons (Fsp3) is 0.778. The molecule has 5 nitrogen and oxygen atoms in total. The standard InChI is InChI=1S/C9H17N5/c1-13-5-3-4-8(7-13)11-9-6-10-12-14(9)2/h6,8,11H,3-5,7H2,1-2H3. The molecule has 2 rings (SSSR count). The summed E-state index contributed by atoms with van der Waals surface area (Å²) in [7, 11) is 4.07. The molecule has 1 N–H and O–H groups in total. The van der Waals surface area contributed by atoms with Gasteiger partial charge in [0.05, 0.1) is 6.20 Å². The van der Waals surface area contributed by atoms with Gasteiger partial charge in [-0.25, -0.2) is 4.68 Å². The average Bonchev–Trinajstić information content (AvgIpc) is 2.52. The highest BCUT2D eigenvalue weighted by molar-refractivity contribution is 5.32. The lowest BCUT2D eigenvalue weighted by molar-refractivity contribution is 0.260. The normalized spacial score (nSPS) is 23.7. The summed E-state index contributed by atoms with van der Waals surface area (Å²) >= 11 is 0. The molecule has 0 saturated carbocycles. The number of piperidine rings is 1. The summed E-state index contributed by atoms with van der Waals surface area (Å²) in [5.41, 5.74) is 0. The van der Waals surface area contributed by atoms with Crippen LogP contribution in [0, 0.1) is 0 Å². The van der Waals surface area contributed by atoms with Gasteiger partial charge in [-0.05, 0) is 26.4 Å². The Morgan fingerprint density at radius 2 is 2.36 bits per heavy atom. The molecule has 1 atom stereocenters. The molecular weight excluding hydrogens is 178 g/mol. The molecule has 1 aliphatic heterocycles. The third kappa shape index (κ3) is 2.04. The molecule has 1 fully saturated rings. The molecule has 1 aliphatic rings. The third-order valence-corrected chi connectivity index (χ3v) is 2.69. The van der Waals surface area contributed by atoms with Crippen LogP contribution in [-0.4, -0.2) is 46.1 Å². The molecule has 0 aromatic carbocycles. The first-order valence-corrected chi connectivity index (χ1v) is 5.05. The fourth-order valence-corrected chi connectivity index (χ4v) is 1.91. The van der Waals surface area contributed by atoms with Gasteiger partial charge in [-0.15, -0.1) is 5.10 Å². The number of likely N-dealkylation sites (tertiary alicyclic amines) is 1. The van der Waals surface area contributed by atoms with Gasteiger partial charge in [-0.1, -0.05) is 5.21 Å². The first-order chi connectivity index (χ1) is 6.75. The molecule has 1 unspecified atom stereocenters. The van der Waals surface area contributed by atoms with Crippen molar-refractivity contribution in [2.75, 3.05) is 25.5 Å². The van der Waals surface area contributed by atoms with Crippen LogP contribution in [0.3, 0.4) is 0 Å². The van der Waals surface area contributed by atoms with Crippen molar-refractivity contribution in [3.8, 4) is 0 Å². The van der Waals surface area contributed by atoms with Crippen LogP contribution in [0.25, 0.3) is 0 Å². The van der Waals surface area contributed by atoms with E-state index in [9.17, 15) is 0 Å². The van der Waals surface area contributed by atoms with E-state index in [1.807, 2.05) is 7.05 Å². The number of rotatable bonds is 2. The minimum atomic E-state index is 0.533. The second kappa shape index (κ2) is 3.96. The highest BCUT2D eigenvalue weighted by atomic mass is 15.4. The van der Waals surface area contributed by atoms with Crippen molar-refractivity contribution < 1.29 is 0 Å². The predicted molar refractivity (Wildman–Crippen MR) is 55.1 cm³/mol. The van der Waals surface area contributed by atoms with E-state index in [-0.39, 0.29) is 0 Å². The Balaban J connectivity index is 1.94. The maximum Gasteiger partial charge on any atom is 0.144 e. The summed E-state index contributed by atoms with van der Waals surface area (Å²) in [6.45, 7) is 2.31. The van der Waals surface area contributed by atoms with Gasteiger partial charge < -0.3 is 10.2 Å². The molecule has 0 radical (unpaired) electrons. The number of hydrogen-bond acceptors (Lipinski definition) is 4. The first kappa shape index (κ1) is 9.45. The SMILES string of the molecule is CN1CCCC(Nc2cnnn2C)C1. The molecule has 5 heteroatoms. The lowest BCUT2D eigenvalue weighted by Gasteiger charge is -2.30. The van der Waals surface area contributed by atoms with Gasteiger partial charge in [0.1, 0.15) is 5.82 Å². The van der Waals surface area contributed by atoms with Crippen LogP contribution in [0.1, 0.15) is 12.8 Å². The second-order valence-electron chi connectivity index (χ2n) is 3.99. The van der Waals surface area contributed by atoms with E-state index in [0.717, 1.165) is 12.4 Å². The lowest BCUT2D eigenvalue weighted by atomic mass is 10.1. The largest absolute Gasteiger partial charge is 0.365 e. The molecule has 14 heavy (non-hydrogen) atoms. The number of aromatic nitrogens is 3. The summed E-state index contributed by atoms with van der Waals surface area (Å²) in [5, 5.41) is 11.2. The van der Waals surface area contributed by atoms with Crippen molar-refractivity contribution in [1.29, 1.82) is 0 Å². The van der Waals surface area contributed by atoms with Crippen molar-refractivity contribution in [1.82, 2.24) is 19.9 Å². The Hall–Kier alpha value is -1.10. The second-order valence-corrected chi connectivity index (χ2v) is 3.99. The number of nitrogens with one attached hydrogen (secondary N) is 1. The lowest BCUT2D eigenvalue weighted by Crippen LogP contribution is -2.40. The molecule has 1 aromatic rings. The van der Waals surface area contributed by atoms with Crippen LogP contribution >= 0.6 is 0 Å². The van der Waals surface area contributed by atoms with Gasteiger partial charge in [-0.3, -0.25) is 0 Å². The van der Waals surface area contributed by atoms with Gasteiger partial charge in [0.2, 0.25) is 0 Å². The van der Waals surface area contributed by atoms with Gasteiger partial charge in [-0.2, -0.15) is 0 Å². The monoisotopic (exact) mass is 195 g/mol. The van der Waals surface area contributed by atoms with E-state index in [4.69, 9.17) is 0 Å². The van der Waals surface area contributed by atoms with Crippen LogP contribution < -0.4 is 5.32 Å². The zero-order valence-corrected chi connectivity index (χ0v) is 8.77. The van der Waals surface area contributed by atoms with Gasteiger partial charge in [0.15, 0.2) is 0 Å². The minimum Gasteiger partial charge on any atom is -0.365 e. The van der Waals surface area contributed by atoms with E-state index in [0.29, 0.717) is 6.04 Å². The number of nitrogens with zero attached hydrogens (tertiary/aromatic N) is 4. The van der Waals surface area contributed by atoms with E-state index in [1.54, 1.807) is 10.9 Å². The van der Waals surface area contributed by atoms with Crippen molar-refractivity contribution in [2.24, 2.45) is 7.05 Å². The zero-order chi connectivity index (χ0) is 9.97. The third-order valence-electron chi connectivity index (χ3n) is 2.69. The highest BCUT2D eigenvalue weighted by Gasteiger charge is 2.17. The Morgan fingerprint density at radius 1 is 1.50 bits per heavy atom. The summed E-state index contributed by atoms with van der Waals surface area (Å²) in [6, 6.07) is 0.533. The highest BCUT2D eigenvalue weighted by Crippen LogP contribution is 2.13. The Labute approximate surface area is 84.1 Å². The van der Waals surface area contributed by atoms with E-state index >= 15 is 0 Å². The maximum absolute atomic E-state index is 3.89. The zero-order valence-electron chi connectivity index (χ0n) is 8.77. The molecule has 1 aromatic heterocycles. The van der Waals surface area contributed by atoms with E-state index < -0.39 is 0 Å². The summed E-state index contributed by atoms with van der Waals surface area (Å²) in [4.78, 5) is 2.35. The molecule has 1 saturated heterocycles. The van der Waals surface area contributed by atoms with Crippen LogP contribution in [0.4, 0.5) is 5.82 Å². The van der Waals surface area contributed by atoms with Crippen LogP contribution in [0.5, 0.6) is 0 Å². The number of aryl methyl sites for hydroxylation is 1. The number of anilines is 1. The summed E-state index contributed by atoms with van der Waals surface area (Å²) < 4.78 is 1.77. The van der Waals surface area contributed by atoms with Crippen LogP contribution in [0.15, 0.2) is 6.20 Å². The smallest absolute Gasteiger partial charge is 0.144 e. The van der Waals surface area contributed by atoms with Crippen molar-refractivity contribution in [3.05, 3.63) is 6.20 Å². The Kier molecular flexibility index (Phi) is 2.67. The molecular formula is C9H17N5. The molecule has 78 valence electrons. The summed E-state index contributed by atoms with van der Waals surface area (Å²) in [5.74, 6) is 1.00. The van der Waals surface area contributed by atoms with E-state index in [2.05, 4.69) is 27.6 Å². The van der Waals surface area contributed by atoms with Crippen LogP contribution in [-0.2, 0) is 7.05 Å². The number of hydrogen-bond donors (Lipinski definition) is 1. The molecule has 0 bridgehead atoms. The van der Waals surface area contributed by atoms with Crippen molar-refractivity contribution >= 4 is 5.82 Å². The topological polar surface area (TPSA) is 46.0 Å². The number of likely N-dealkylation sites (N-methyl/N-ethyl adjacent to an activating group) is 1.